The minimum absolute atomic E-state index is 0.298. The molecule has 0 radical (unpaired) electrons. The first-order chi connectivity index (χ1) is 9.06. The van der Waals surface area contributed by atoms with Gasteiger partial charge in [0.1, 0.15) is 5.82 Å². The summed E-state index contributed by atoms with van der Waals surface area (Å²) in [5.74, 6) is -0.103. The van der Waals surface area contributed by atoms with Crippen molar-refractivity contribution in [2.75, 3.05) is 11.1 Å². The fourth-order valence-electron chi connectivity index (χ4n) is 1.70. The van der Waals surface area contributed by atoms with E-state index in [2.05, 4.69) is 10.3 Å². The quantitative estimate of drug-likeness (QED) is 0.775. The largest absolute Gasteiger partial charge is 0.397 e. The van der Waals surface area contributed by atoms with Gasteiger partial charge in [0.15, 0.2) is 0 Å². The van der Waals surface area contributed by atoms with E-state index in [4.69, 9.17) is 11.5 Å². The van der Waals surface area contributed by atoms with Crippen molar-refractivity contribution >= 4 is 17.4 Å². The second-order valence-electron chi connectivity index (χ2n) is 4.37. The number of primary amides is 1. The normalized spacial score (nSPS) is 10.2. The van der Waals surface area contributed by atoms with E-state index in [1.165, 1.54) is 17.8 Å². The molecule has 0 aliphatic carbocycles. The molecule has 0 saturated carbocycles. The summed E-state index contributed by atoms with van der Waals surface area (Å²) in [7, 11) is 0. The summed E-state index contributed by atoms with van der Waals surface area (Å²) in [4.78, 5) is 15.4. The van der Waals surface area contributed by atoms with Crippen LogP contribution in [-0.4, -0.2) is 10.9 Å². The monoisotopic (exact) mass is 256 g/mol. The number of aromatic nitrogens is 1. The van der Waals surface area contributed by atoms with Crippen LogP contribution in [0, 0.1) is 6.92 Å². The number of amides is 1. The van der Waals surface area contributed by atoms with Gasteiger partial charge in [-0.05, 0) is 18.6 Å². The molecule has 1 aromatic carbocycles. The summed E-state index contributed by atoms with van der Waals surface area (Å²) < 4.78 is 0. The lowest BCUT2D eigenvalue weighted by molar-refractivity contribution is 0.100. The average molecular weight is 256 g/mol. The van der Waals surface area contributed by atoms with Gasteiger partial charge in [-0.1, -0.05) is 29.8 Å². The number of hydrogen-bond donors (Lipinski definition) is 3. The molecule has 2 rings (SSSR count). The number of aryl methyl sites for hydroxylation is 1. The highest BCUT2D eigenvalue weighted by atomic mass is 16.1. The highest BCUT2D eigenvalue weighted by Gasteiger charge is 2.09. The molecule has 0 aliphatic rings. The lowest BCUT2D eigenvalue weighted by Gasteiger charge is -2.09. The zero-order chi connectivity index (χ0) is 13.8. The third-order valence-electron chi connectivity index (χ3n) is 2.75. The summed E-state index contributed by atoms with van der Waals surface area (Å²) in [6.07, 6.45) is 1.49. The van der Waals surface area contributed by atoms with E-state index in [1.807, 2.05) is 31.2 Å². The molecule has 0 atom stereocenters. The van der Waals surface area contributed by atoms with Gasteiger partial charge in [0, 0.05) is 6.54 Å². The third kappa shape index (κ3) is 3.22. The molecule has 5 heteroatoms. The molecule has 5 nitrogen and oxygen atoms in total. The van der Waals surface area contributed by atoms with Crippen molar-refractivity contribution < 1.29 is 4.79 Å². The minimum atomic E-state index is -0.550. The van der Waals surface area contributed by atoms with Crippen molar-refractivity contribution in [1.29, 1.82) is 0 Å². The third-order valence-corrected chi connectivity index (χ3v) is 2.75. The Kier molecular flexibility index (Phi) is 3.66. The number of pyridine rings is 1. The second-order valence-corrected chi connectivity index (χ2v) is 4.37. The van der Waals surface area contributed by atoms with Gasteiger partial charge in [-0.25, -0.2) is 4.98 Å². The number of carbonyl (C=O) groups is 1. The number of benzene rings is 1. The van der Waals surface area contributed by atoms with Crippen molar-refractivity contribution in [2.24, 2.45) is 5.73 Å². The van der Waals surface area contributed by atoms with Crippen LogP contribution < -0.4 is 16.8 Å². The Hall–Kier alpha value is -2.56. The lowest BCUT2D eigenvalue weighted by atomic mass is 10.1. The molecule has 98 valence electrons. The highest BCUT2D eigenvalue weighted by molar-refractivity contribution is 5.98. The second kappa shape index (κ2) is 5.39. The summed E-state index contributed by atoms with van der Waals surface area (Å²) in [6.45, 7) is 2.60. The summed E-state index contributed by atoms with van der Waals surface area (Å²) in [5, 5.41) is 3.09. The first-order valence-electron chi connectivity index (χ1n) is 5.91. The Labute approximate surface area is 111 Å². The van der Waals surface area contributed by atoms with E-state index >= 15 is 0 Å². The molecular weight excluding hydrogens is 240 g/mol. The van der Waals surface area contributed by atoms with Gasteiger partial charge in [0.25, 0.3) is 5.91 Å². The fraction of sp³-hybridized carbons (Fsp3) is 0.143. The van der Waals surface area contributed by atoms with Crippen LogP contribution in [0.15, 0.2) is 36.5 Å². The van der Waals surface area contributed by atoms with Crippen LogP contribution in [0.4, 0.5) is 11.5 Å². The Morgan fingerprint density at radius 1 is 1.32 bits per heavy atom. The molecule has 1 aromatic heterocycles. The van der Waals surface area contributed by atoms with E-state index in [1.54, 1.807) is 0 Å². The van der Waals surface area contributed by atoms with E-state index in [9.17, 15) is 4.79 Å². The van der Waals surface area contributed by atoms with Gasteiger partial charge < -0.3 is 16.8 Å². The zero-order valence-corrected chi connectivity index (χ0v) is 10.7. The number of nitrogens with one attached hydrogen (secondary N) is 1. The van der Waals surface area contributed by atoms with Crippen LogP contribution in [0.5, 0.6) is 0 Å². The SMILES string of the molecule is Cc1ccc(CNc2ncc(N)cc2C(N)=O)cc1. The van der Waals surface area contributed by atoms with Gasteiger partial charge in [-0.2, -0.15) is 0 Å². The van der Waals surface area contributed by atoms with E-state index in [-0.39, 0.29) is 0 Å². The van der Waals surface area contributed by atoms with Crippen LogP contribution in [0.1, 0.15) is 21.5 Å². The summed E-state index contributed by atoms with van der Waals surface area (Å²) >= 11 is 0. The van der Waals surface area contributed by atoms with Crippen molar-refractivity contribution in [3.8, 4) is 0 Å². The average Bonchev–Trinajstić information content (AvgIpc) is 2.39. The number of rotatable bonds is 4. The number of anilines is 2. The molecule has 0 aliphatic heterocycles. The fourth-order valence-corrected chi connectivity index (χ4v) is 1.70. The molecule has 0 saturated heterocycles. The molecule has 5 N–H and O–H groups in total. The molecule has 19 heavy (non-hydrogen) atoms. The molecule has 1 heterocycles. The molecule has 0 bridgehead atoms. The first kappa shape index (κ1) is 12.9. The lowest BCUT2D eigenvalue weighted by Crippen LogP contribution is -2.16. The van der Waals surface area contributed by atoms with Gasteiger partial charge in [-0.3, -0.25) is 4.79 Å². The van der Waals surface area contributed by atoms with Crippen LogP contribution in [0.25, 0.3) is 0 Å². The van der Waals surface area contributed by atoms with Crippen LogP contribution in [0.2, 0.25) is 0 Å². The molecule has 1 amide bonds. The standard InChI is InChI=1S/C14H16N4O/c1-9-2-4-10(5-3-9)7-17-14-12(13(16)19)6-11(15)8-18-14/h2-6,8H,7,15H2,1H3,(H2,16,19)(H,17,18). The van der Waals surface area contributed by atoms with Crippen LogP contribution in [0.3, 0.4) is 0 Å². The molecular formula is C14H16N4O. The smallest absolute Gasteiger partial charge is 0.252 e. The van der Waals surface area contributed by atoms with Gasteiger partial charge in [-0.15, -0.1) is 0 Å². The molecule has 0 spiro atoms. The Morgan fingerprint density at radius 3 is 2.63 bits per heavy atom. The number of nitrogens with zero attached hydrogens (tertiary/aromatic N) is 1. The van der Waals surface area contributed by atoms with Crippen molar-refractivity contribution in [3.63, 3.8) is 0 Å². The Balaban J connectivity index is 2.15. The van der Waals surface area contributed by atoms with Crippen molar-refractivity contribution in [3.05, 3.63) is 53.2 Å². The van der Waals surface area contributed by atoms with E-state index in [0.717, 1.165) is 5.56 Å². The number of hydrogen-bond acceptors (Lipinski definition) is 4. The highest BCUT2D eigenvalue weighted by Crippen LogP contribution is 2.16. The summed E-state index contributed by atoms with van der Waals surface area (Å²) in [6, 6.07) is 9.62. The van der Waals surface area contributed by atoms with Crippen molar-refractivity contribution in [2.45, 2.75) is 13.5 Å². The van der Waals surface area contributed by atoms with Gasteiger partial charge >= 0.3 is 0 Å². The van der Waals surface area contributed by atoms with E-state index < -0.39 is 5.91 Å². The first-order valence-corrected chi connectivity index (χ1v) is 5.91. The number of nitrogen functional groups attached to an aromatic ring is 1. The number of nitrogens with two attached hydrogens (primary N) is 2. The number of carbonyl (C=O) groups excluding carboxylic acids is 1. The van der Waals surface area contributed by atoms with E-state index in [0.29, 0.717) is 23.6 Å². The van der Waals surface area contributed by atoms with Crippen molar-refractivity contribution in [1.82, 2.24) is 4.98 Å². The molecule has 2 aromatic rings. The maximum absolute atomic E-state index is 11.3. The Bertz CT molecular complexity index is 593. The van der Waals surface area contributed by atoms with Crippen LogP contribution >= 0.6 is 0 Å². The summed E-state index contributed by atoms with van der Waals surface area (Å²) in [5.41, 5.74) is 13.9. The molecule has 0 fully saturated rings. The maximum Gasteiger partial charge on any atom is 0.252 e. The minimum Gasteiger partial charge on any atom is -0.397 e. The Morgan fingerprint density at radius 2 is 2.00 bits per heavy atom. The topological polar surface area (TPSA) is 94.0 Å². The molecule has 0 unspecified atom stereocenters. The van der Waals surface area contributed by atoms with Gasteiger partial charge in [0.2, 0.25) is 0 Å². The maximum atomic E-state index is 11.3. The van der Waals surface area contributed by atoms with Crippen LogP contribution in [-0.2, 0) is 6.54 Å². The zero-order valence-electron chi connectivity index (χ0n) is 10.7. The predicted octanol–water partition coefficient (Wildman–Crippen LogP) is 1.68. The van der Waals surface area contributed by atoms with Gasteiger partial charge in [0.05, 0.1) is 17.4 Å². The predicted molar refractivity (Wildman–Crippen MR) is 75.7 cm³/mol.